The Bertz CT molecular complexity index is 1440. The summed E-state index contributed by atoms with van der Waals surface area (Å²) in [6, 6.07) is 9.59. The Labute approximate surface area is 218 Å². The third-order valence-corrected chi connectivity index (χ3v) is 6.34. The molecule has 0 aliphatic rings. The number of para-hydroxylation sites is 1. The predicted octanol–water partition coefficient (Wildman–Crippen LogP) is 3.54. The van der Waals surface area contributed by atoms with E-state index in [-0.39, 0.29) is 58.1 Å². The summed E-state index contributed by atoms with van der Waals surface area (Å²) in [5.74, 6) is -1.50. The van der Waals surface area contributed by atoms with Gasteiger partial charge in [0.05, 0.1) is 22.2 Å². The molecular formula is C27H30N4O7. The van der Waals surface area contributed by atoms with Crippen molar-refractivity contribution in [1.29, 1.82) is 0 Å². The third kappa shape index (κ3) is 5.72. The fraction of sp³-hybridized carbons (Fsp3) is 0.333. The van der Waals surface area contributed by atoms with Gasteiger partial charge in [-0.15, -0.1) is 0 Å². The van der Waals surface area contributed by atoms with Crippen molar-refractivity contribution in [3.63, 3.8) is 0 Å². The molecule has 0 aromatic heterocycles. The molecular weight excluding hydrogens is 492 g/mol. The van der Waals surface area contributed by atoms with Crippen molar-refractivity contribution in [2.24, 2.45) is 5.92 Å². The summed E-state index contributed by atoms with van der Waals surface area (Å²) >= 11 is 0. The van der Waals surface area contributed by atoms with Crippen LogP contribution in [0.15, 0.2) is 52.1 Å². The van der Waals surface area contributed by atoms with Gasteiger partial charge in [-0.2, -0.15) is 0 Å². The van der Waals surface area contributed by atoms with Gasteiger partial charge in [0.2, 0.25) is 0 Å². The largest absolute Gasteiger partial charge is 0.505 e. The maximum atomic E-state index is 13.2. The van der Waals surface area contributed by atoms with Gasteiger partial charge in [0, 0.05) is 32.6 Å². The molecule has 0 saturated carbocycles. The lowest BCUT2D eigenvalue weighted by atomic mass is 9.89. The lowest BCUT2D eigenvalue weighted by Gasteiger charge is -2.26. The zero-order chi connectivity index (χ0) is 28.3. The van der Waals surface area contributed by atoms with Crippen LogP contribution in [0.5, 0.6) is 5.75 Å². The zero-order valence-corrected chi connectivity index (χ0v) is 21.8. The molecule has 0 bridgehead atoms. The number of phenolic OH excluding ortho intramolecular Hbond substituents is 1. The van der Waals surface area contributed by atoms with E-state index in [1.807, 2.05) is 6.92 Å². The molecule has 2 atom stereocenters. The van der Waals surface area contributed by atoms with E-state index in [2.05, 4.69) is 10.6 Å². The van der Waals surface area contributed by atoms with Crippen LogP contribution in [0, 0.1) is 16.0 Å². The highest BCUT2D eigenvalue weighted by molar-refractivity contribution is 5.99. The minimum absolute atomic E-state index is 0.0173. The van der Waals surface area contributed by atoms with Crippen LogP contribution < -0.4 is 21.5 Å². The number of nitro groups is 1. The van der Waals surface area contributed by atoms with Gasteiger partial charge < -0.3 is 20.6 Å². The number of hydrogen-bond acceptors (Lipinski definition) is 9. The van der Waals surface area contributed by atoms with E-state index in [4.69, 9.17) is 0 Å². The number of Topliss-reactive ketones (excluding diaryl/α,β-unsaturated/α-hetero) is 1. The van der Waals surface area contributed by atoms with Crippen molar-refractivity contribution in [2.45, 2.75) is 39.2 Å². The summed E-state index contributed by atoms with van der Waals surface area (Å²) in [6.45, 7) is 5.42. The van der Waals surface area contributed by atoms with E-state index < -0.39 is 27.7 Å². The number of rotatable bonds is 11. The summed E-state index contributed by atoms with van der Waals surface area (Å²) in [5, 5.41) is 27.1. The van der Waals surface area contributed by atoms with E-state index in [9.17, 15) is 34.4 Å². The molecule has 0 spiro atoms. The highest BCUT2D eigenvalue weighted by atomic mass is 16.6. The summed E-state index contributed by atoms with van der Waals surface area (Å²) in [7, 11) is 3.07. The topological polar surface area (TPSA) is 159 Å². The fourth-order valence-corrected chi connectivity index (χ4v) is 4.09. The number of nitrogens with one attached hydrogen (secondary N) is 2. The Hall–Kier alpha value is -4.54. The first-order chi connectivity index (χ1) is 17.8. The standard InChI is InChI=1S/C27H30N4O7/c1-14(2)21(20(32)13-15(3)16-9-11-17(12-10-16)31(37)38)29-23-22(25(34)26(23)35)28-19-8-6-7-18(24(19)33)27(36)30(4)5/h6-12,14-15,21,28-29,33H,13H2,1-5H3/t15-,21+/m0/s1. The van der Waals surface area contributed by atoms with Crippen LogP contribution >= 0.6 is 0 Å². The summed E-state index contributed by atoms with van der Waals surface area (Å²) in [6.07, 6.45) is 0.0985. The number of ketones is 1. The number of phenols is 1. The van der Waals surface area contributed by atoms with Gasteiger partial charge in [-0.25, -0.2) is 0 Å². The molecule has 0 unspecified atom stereocenters. The van der Waals surface area contributed by atoms with Gasteiger partial charge in [0.15, 0.2) is 11.5 Å². The molecule has 3 rings (SSSR count). The number of nitro benzene ring substituents is 1. The molecule has 38 heavy (non-hydrogen) atoms. The van der Waals surface area contributed by atoms with E-state index in [0.29, 0.717) is 0 Å². The Morgan fingerprint density at radius 3 is 2.16 bits per heavy atom. The molecule has 11 heteroatoms. The van der Waals surface area contributed by atoms with Crippen molar-refractivity contribution < 1.29 is 19.6 Å². The maximum Gasteiger partial charge on any atom is 0.269 e. The SMILES string of the molecule is CC(C)[C@@H](Nc1c(Nc2cccc(C(=O)N(C)C)c2O)c(=O)c1=O)C(=O)C[C@H](C)c1ccc([N+](=O)[O-])cc1. The van der Waals surface area contributed by atoms with Crippen molar-refractivity contribution in [3.05, 3.63) is 84.2 Å². The van der Waals surface area contributed by atoms with Gasteiger partial charge in [0.1, 0.15) is 11.4 Å². The minimum atomic E-state index is -0.814. The molecule has 0 radical (unpaired) electrons. The first-order valence-corrected chi connectivity index (χ1v) is 12.0. The third-order valence-electron chi connectivity index (χ3n) is 6.34. The molecule has 3 N–H and O–H groups in total. The van der Waals surface area contributed by atoms with Crippen LogP contribution in [0.4, 0.5) is 22.7 Å². The van der Waals surface area contributed by atoms with Crippen molar-refractivity contribution in [3.8, 4) is 5.75 Å². The van der Waals surface area contributed by atoms with Crippen LogP contribution in [-0.4, -0.2) is 46.8 Å². The van der Waals surface area contributed by atoms with Crippen LogP contribution in [0.25, 0.3) is 0 Å². The highest BCUT2D eigenvalue weighted by Crippen LogP contribution is 2.33. The van der Waals surface area contributed by atoms with Crippen LogP contribution in [-0.2, 0) is 4.79 Å². The van der Waals surface area contributed by atoms with Gasteiger partial charge in [0.25, 0.3) is 22.5 Å². The van der Waals surface area contributed by atoms with Gasteiger partial charge in [-0.3, -0.25) is 29.3 Å². The molecule has 0 saturated heterocycles. The van der Waals surface area contributed by atoms with Crippen molar-refractivity contribution in [1.82, 2.24) is 4.90 Å². The van der Waals surface area contributed by atoms with Crippen LogP contribution in [0.1, 0.15) is 49.0 Å². The van der Waals surface area contributed by atoms with E-state index in [1.54, 1.807) is 26.0 Å². The Kier molecular flexibility index (Phi) is 8.29. The smallest absolute Gasteiger partial charge is 0.269 e. The first kappa shape index (κ1) is 28.0. The van der Waals surface area contributed by atoms with E-state index >= 15 is 0 Å². The number of nitrogens with zero attached hydrogens (tertiary/aromatic N) is 2. The Balaban J connectivity index is 1.81. The number of carbonyl (C=O) groups excluding carboxylic acids is 2. The zero-order valence-electron chi connectivity index (χ0n) is 21.8. The summed E-state index contributed by atoms with van der Waals surface area (Å²) in [4.78, 5) is 62.0. The fourth-order valence-electron chi connectivity index (χ4n) is 4.09. The molecule has 0 aliphatic carbocycles. The second-order valence-corrected chi connectivity index (χ2v) is 9.72. The Morgan fingerprint density at radius 2 is 1.61 bits per heavy atom. The molecule has 3 aromatic carbocycles. The minimum Gasteiger partial charge on any atom is -0.505 e. The number of non-ortho nitro benzene ring substituents is 1. The lowest BCUT2D eigenvalue weighted by molar-refractivity contribution is -0.384. The molecule has 0 fully saturated rings. The van der Waals surface area contributed by atoms with E-state index in [0.717, 1.165) is 5.56 Å². The van der Waals surface area contributed by atoms with Crippen LogP contribution in [0.3, 0.4) is 0 Å². The average molecular weight is 523 g/mol. The van der Waals surface area contributed by atoms with Crippen molar-refractivity contribution in [2.75, 3.05) is 24.7 Å². The quantitative estimate of drug-likeness (QED) is 0.148. The second-order valence-electron chi connectivity index (χ2n) is 9.72. The number of anilines is 3. The number of carbonyl (C=O) groups is 2. The highest BCUT2D eigenvalue weighted by Gasteiger charge is 2.30. The van der Waals surface area contributed by atoms with Gasteiger partial charge >= 0.3 is 0 Å². The molecule has 1 amide bonds. The van der Waals surface area contributed by atoms with E-state index in [1.165, 1.54) is 49.3 Å². The molecule has 0 aliphatic heterocycles. The second kappa shape index (κ2) is 11.2. The van der Waals surface area contributed by atoms with Gasteiger partial charge in [-0.05, 0) is 29.5 Å². The van der Waals surface area contributed by atoms with Crippen molar-refractivity contribution >= 4 is 34.4 Å². The molecule has 200 valence electrons. The normalized spacial score (nSPS) is 12.7. The average Bonchev–Trinajstić information content (AvgIpc) is 2.87. The predicted molar refractivity (Wildman–Crippen MR) is 144 cm³/mol. The van der Waals surface area contributed by atoms with Gasteiger partial charge in [-0.1, -0.05) is 39.0 Å². The monoisotopic (exact) mass is 522 g/mol. The number of hydrogen-bond donors (Lipinski definition) is 3. The summed E-state index contributed by atoms with van der Waals surface area (Å²) in [5.41, 5.74) is -1.01. The molecule has 3 aromatic rings. The Morgan fingerprint density at radius 1 is 1.00 bits per heavy atom. The number of amides is 1. The number of aromatic hydroxyl groups is 1. The molecule has 11 nitrogen and oxygen atoms in total. The van der Waals surface area contributed by atoms with Crippen LogP contribution in [0.2, 0.25) is 0 Å². The number of benzene rings is 2. The first-order valence-electron chi connectivity index (χ1n) is 12.0. The lowest BCUT2D eigenvalue weighted by Crippen LogP contribution is -2.43. The molecule has 0 heterocycles. The maximum absolute atomic E-state index is 13.2. The summed E-state index contributed by atoms with van der Waals surface area (Å²) < 4.78 is 0.